The first-order valence-corrected chi connectivity index (χ1v) is 7.94. The summed E-state index contributed by atoms with van der Waals surface area (Å²) in [6.07, 6.45) is -4.05. The second kappa shape index (κ2) is 7.55. The van der Waals surface area contributed by atoms with Gasteiger partial charge in [-0.3, -0.25) is 4.79 Å². The molecule has 1 aliphatic heterocycles. The van der Waals surface area contributed by atoms with Crippen molar-refractivity contribution in [2.24, 2.45) is 0 Å². The molecule has 0 fully saturated rings. The molecule has 0 radical (unpaired) electrons. The number of fused-ring (bicyclic) bond motifs is 1. The van der Waals surface area contributed by atoms with Crippen LogP contribution in [0.4, 0.5) is 13.2 Å². The van der Waals surface area contributed by atoms with Crippen molar-refractivity contribution in [2.75, 3.05) is 13.2 Å². The molecule has 0 bridgehead atoms. The molecule has 3 rings (SSSR count). The van der Waals surface area contributed by atoms with Gasteiger partial charge >= 0.3 is 6.36 Å². The average Bonchev–Trinajstić information content (AvgIpc) is 2.84. The minimum Gasteiger partial charge on any atom is -0.490 e. The largest absolute Gasteiger partial charge is 0.573 e. The zero-order valence-corrected chi connectivity index (χ0v) is 13.6. The Bertz CT molecular complexity index is 792. The molecule has 1 aliphatic rings. The first-order chi connectivity index (χ1) is 12.4. The number of hydrogen-bond donors (Lipinski definition) is 1. The van der Waals surface area contributed by atoms with Crippen molar-refractivity contribution in [3.63, 3.8) is 0 Å². The molecule has 1 N–H and O–H groups in total. The number of ether oxygens (including phenoxy) is 3. The Morgan fingerprint density at radius 3 is 2.58 bits per heavy atom. The number of benzene rings is 2. The van der Waals surface area contributed by atoms with E-state index in [1.807, 2.05) is 0 Å². The molecule has 26 heavy (non-hydrogen) atoms. The lowest BCUT2D eigenvalue weighted by Crippen LogP contribution is -2.24. The van der Waals surface area contributed by atoms with Crippen molar-refractivity contribution in [2.45, 2.75) is 19.3 Å². The molecule has 0 aromatic heterocycles. The van der Waals surface area contributed by atoms with Gasteiger partial charge in [-0.1, -0.05) is 18.2 Å². The summed E-state index contributed by atoms with van der Waals surface area (Å²) >= 11 is 0. The van der Waals surface area contributed by atoms with E-state index in [9.17, 15) is 18.0 Å². The van der Waals surface area contributed by atoms with E-state index in [1.54, 1.807) is 24.3 Å². The fourth-order valence-corrected chi connectivity index (χ4v) is 2.46. The molecule has 0 unspecified atom stereocenters. The van der Waals surface area contributed by atoms with Gasteiger partial charge in [-0.25, -0.2) is 0 Å². The number of rotatable bonds is 4. The number of halogens is 3. The van der Waals surface area contributed by atoms with Gasteiger partial charge in [0.2, 0.25) is 0 Å². The minimum absolute atomic E-state index is 0.112. The highest BCUT2D eigenvalue weighted by Gasteiger charge is 2.32. The molecule has 8 heteroatoms. The van der Waals surface area contributed by atoms with Crippen LogP contribution in [-0.4, -0.2) is 25.5 Å². The van der Waals surface area contributed by atoms with Crippen LogP contribution in [0.3, 0.4) is 0 Å². The molecule has 0 saturated heterocycles. The molecule has 0 atom stereocenters. The highest BCUT2D eigenvalue weighted by Crippen LogP contribution is 2.30. The Morgan fingerprint density at radius 2 is 1.81 bits per heavy atom. The third-order valence-corrected chi connectivity index (χ3v) is 3.65. The quantitative estimate of drug-likeness (QED) is 0.896. The van der Waals surface area contributed by atoms with Crippen LogP contribution in [0.2, 0.25) is 0 Å². The van der Waals surface area contributed by atoms with Crippen LogP contribution in [0.5, 0.6) is 17.2 Å². The van der Waals surface area contributed by atoms with Crippen molar-refractivity contribution in [1.29, 1.82) is 0 Å². The zero-order valence-electron chi connectivity index (χ0n) is 13.6. The fraction of sp³-hybridized carbons (Fsp3) is 0.278. The summed E-state index contributed by atoms with van der Waals surface area (Å²) in [4.78, 5) is 12.3. The standard InChI is InChI=1S/C18H16F3NO4/c19-18(20,21)26-14-5-2-1-4-13(14)11-22-17(23)12-6-7-15-16(10-12)25-9-3-8-24-15/h1-2,4-7,10H,3,8-9,11H2,(H,22,23). The van der Waals surface area contributed by atoms with E-state index in [4.69, 9.17) is 9.47 Å². The summed E-state index contributed by atoms with van der Waals surface area (Å²) in [5.74, 6) is 0.236. The van der Waals surface area contributed by atoms with Gasteiger partial charge in [0.05, 0.1) is 13.2 Å². The summed E-state index contributed by atoms with van der Waals surface area (Å²) in [6, 6.07) is 10.4. The van der Waals surface area contributed by atoms with Crippen molar-refractivity contribution >= 4 is 5.91 Å². The molecular formula is C18H16F3NO4. The summed E-state index contributed by atoms with van der Waals surface area (Å²) in [5, 5.41) is 2.58. The Morgan fingerprint density at radius 1 is 1.08 bits per heavy atom. The third-order valence-electron chi connectivity index (χ3n) is 3.65. The van der Waals surface area contributed by atoms with Gasteiger partial charge in [-0.15, -0.1) is 13.2 Å². The number of carbonyl (C=O) groups is 1. The zero-order chi connectivity index (χ0) is 18.6. The highest BCUT2D eigenvalue weighted by atomic mass is 19.4. The summed E-state index contributed by atoms with van der Waals surface area (Å²) < 4.78 is 52.3. The first kappa shape index (κ1) is 17.9. The van der Waals surface area contributed by atoms with E-state index in [1.165, 1.54) is 18.2 Å². The number of carbonyl (C=O) groups excluding carboxylic acids is 1. The number of amides is 1. The van der Waals surface area contributed by atoms with Crippen molar-refractivity contribution in [3.05, 3.63) is 53.6 Å². The van der Waals surface area contributed by atoms with Crippen LogP contribution in [0.25, 0.3) is 0 Å². The van der Waals surface area contributed by atoms with Gasteiger partial charge in [0.25, 0.3) is 5.91 Å². The Labute approximate surface area is 147 Å². The minimum atomic E-state index is -4.80. The second-order valence-corrected chi connectivity index (χ2v) is 5.55. The maximum Gasteiger partial charge on any atom is 0.573 e. The van der Waals surface area contributed by atoms with Gasteiger partial charge in [0.15, 0.2) is 11.5 Å². The monoisotopic (exact) mass is 367 g/mol. The van der Waals surface area contributed by atoms with Gasteiger partial charge in [0.1, 0.15) is 5.75 Å². The molecule has 5 nitrogen and oxygen atoms in total. The summed E-state index contributed by atoms with van der Waals surface area (Å²) in [5.41, 5.74) is 0.538. The van der Waals surface area contributed by atoms with Gasteiger partial charge in [0, 0.05) is 24.1 Å². The lowest BCUT2D eigenvalue weighted by Gasteiger charge is -2.14. The molecule has 1 amide bonds. The van der Waals surface area contributed by atoms with Gasteiger partial charge in [-0.05, 0) is 24.3 Å². The number of hydrogen-bond acceptors (Lipinski definition) is 4. The number of para-hydroxylation sites is 1. The molecule has 0 saturated carbocycles. The lowest BCUT2D eigenvalue weighted by molar-refractivity contribution is -0.274. The molecular weight excluding hydrogens is 351 g/mol. The molecule has 1 heterocycles. The third kappa shape index (κ3) is 4.59. The molecule has 2 aromatic rings. The SMILES string of the molecule is O=C(NCc1ccccc1OC(F)(F)F)c1ccc2c(c1)OCCCO2. The van der Waals surface area contributed by atoms with Crippen LogP contribution in [0, 0.1) is 0 Å². The topological polar surface area (TPSA) is 56.8 Å². The Balaban J connectivity index is 1.69. The van der Waals surface area contributed by atoms with Crippen molar-refractivity contribution in [3.8, 4) is 17.2 Å². The van der Waals surface area contributed by atoms with Crippen LogP contribution in [0.15, 0.2) is 42.5 Å². The second-order valence-electron chi connectivity index (χ2n) is 5.55. The van der Waals surface area contributed by atoms with Gasteiger partial charge in [-0.2, -0.15) is 0 Å². The van der Waals surface area contributed by atoms with Crippen molar-refractivity contribution < 1.29 is 32.2 Å². The van der Waals surface area contributed by atoms with E-state index < -0.39 is 12.3 Å². The highest BCUT2D eigenvalue weighted by molar-refractivity contribution is 5.94. The van der Waals surface area contributed by atoms with Crippen LogP contribution < -0.4 is 19.5 Å². The van der Waals surface area contributed by atoms with Crippen molar-refractivity contribution in [1.82, 2.24) is 5.32 Å². The summed E-state index contributed by atoms with van der Waals surface area (Å²) in [7, 11) is 0. The van der Waals surface area contributed by atoms with Crippen LogP contribution in [-0.2, 0) is 6.54 Å². The fourth-order valence-electron chi connectivity index (χ4n) is 2.46. The summed E-state index contributed by atoms with van der Waals surface area (Å²) in [6.45, 7) is 0.911. The average molecular weight is 367 g/mol. The lowest BCUT2D eigenvalue weighted by atomic mass is 10.1. The number of alkyl halides is 3. The first-order valence-electron chi connectivity index (χ1n) is 7.94. The maximum absolute atomic E-state index is 12.4. The normalized spacial score (nSPS) is 13.7. The maximum atomic E-state index is 12.4. The molecule has 0 spiro atoms. The van der Waals surface area contributed by atoms with E-state index in [0.29, 0.717) is 30.3 Å². The van der Waals surface area contributed by atoms with E-state index in [0.717, 1.165) is 6.42 Å². The molecule has 2 aromatic carbocycles. The van der Waals surface area contributed by atoms with E-state index >= 15 is 0 Å². The molecule has 138 valence electrons. The predicted octanol–water partition coefficient (Wildman–Crippen LogP) is 3.68. The van der Waals surface area contributed by atoms with E-state index in [-0.39, 0.29) is 17.9 Å². The van der Waals surface area contributed by atoms with E-state index in [2.05, 4.69) is 10.1 Å². The van der Waals surface area contributed by atoms with Crippen LogP contribution in [0.1, 0.15) is 22.3 Å². The Kier molecular flexibility index (Phi) is 5.20. The molecule has 0 aliphatic carbocycles. The van der Waals surface area contributed by atoms with Gasteiger partial charge < -0.3 is 19.5 Å². The van der Waals surface area contributed by atoms with Crippen LogP contribution >= 0.6 is 0 Å². The Hall–Kier alpha value is -2.90. The smallest absolute Gasteiger partial charge is 0.490 e. The number of nitrogens with one attached hydrogen (secondary N) is 1. The predicted molar refractivity (Wildman–Crippen MR) is 86.3 cm³/mol.